The first-order valence-corrected chi connectivity index (χ1v) is 9.45. The summed E-state index contributed by atoms with van der Waals surface area (Å²) >= 11 is 0. The van der Waals surface area contributed by atoms with E-state index >= 15 is 0 Å². The molecule has 1 aromatic carbocycles. The molecule has 26 heavy (non-hydrogen) atoms. The summed E-state index contributed by atoms with van der Waals surface area (Å²) in [5, 5.41) is 3.26. The normalized spacial score (nSPS) is 24.8. The second kappa shape index (κ2) is 9.37. The molecule has 2 atom stereocenters. The smallest absolute Gasteiger partial charge is 0.193 e. The first kappa shape index (κ1) is 21.4. The number of nitrogens with two attached hydrogens (primary N) is 1. The molecule has 0 radical (unpaired) electrons. The summed E-state index contributed by atoms with van der Waals surface area (Å²) in [5.41, 5.74) is 8.60. The third-order valence-corrected chi connectivity index (χ3v) is 5.65. The van der Waals surface area contributed by atoms with E-state index in [1.54, 1.807) is 0 Å². The van der Waals surface area contributed by atoms with Gasteiger partial charge in [0, 0.05) is 30.9 Å². The van der Waals surface area contributed by atoms with E-state index in [9.17, 15) is 0 Å². The number of guanidine groups is 1. The molecule has 6 heteroatoms. The van der Waals surface area contributed by atoms with E-state index in [0.717, 1.165) is 44.8 Å². The van der Waals surface area contributed by atoms with Crippen molar-refractivity contribution in [2.75, 3.05) is 25.1 Å². The maximum Gasteiger partial charge on any atom is 0.193 e. The van der Waals surface area contributed by atoms with Gasteiger partial charge in [0.1, 0.15) is 0 Å². The predicted octanol–water partition coefficient (Wildman–Crippen LogP) is 4.13. The number of hydrogen-bond acceptors (Lipinski definition) is 3. The van der Waals surface area contributed by atoms with Gasteiger partial charge in [0.05, 0.1) is 12.1 Å². The van der Waals surface area contributed by atoms with Gasteiger partial charge in [-0.3, -0.25) is 0 Å². The molecule has 3 N–H and O–H groups in total. The first-order chi connectivity index (χ1) is 12.0. The molecule has 2 fully saturated rings. The average molecular weight is 473 g/mol. The van der Waals surface area contributed by atoms with Crippen LogP contribution in [0.25, 0.3) is 0 Å². The Balaban J connectivity index is 0.00000243. The van der Waals surface area contributed by atoms with Crippen molar-refractivity contribution in [1.82, 2.24) is 0 Å². The van der Waals surface area contributed by atoms with E-state index < -0.39 is 0 Å². The lowest BCUT2D eigenvalue weighted by molar-refractivity contribution is -0.163. The zero-order chi connectivity index (χ0) is 17.9. The van der Waals surface area contributed by atoms with Crippen LogP contribution in [-0.4, -0.2) is 37.9 Å². The molecule has 5 nitrogen and oxygen atoms in total. The fraction of sp³-hybridized carbons (Fsp3) is 0.650. The first-order valence-electron chi connectivity index (χ1n) is 9.45. The van der Waals surface area contributed by atoms with Crippen LogP contribution in [0, 0.1) is 5.41 Å². The fourth-order valence-corrected chi connectivity index (χ4v) is 4.07. The van der Waals surface area contributed by atoms with Crippen LogP contribution in [0.2, 0.25) is 0 Å². The van der Waals surface area contributed by atoms with Gasteiger partial charge in [0.25, 0.3) is 0 Å². The zero-order valence-corrected chi connectivity index (χ0v) is 18.4. The van der Waals surface area contributed by atoms with Gasteiger partial charge in [-0.25, -0.2) is 4.99 Å². The largest absolute Gasteiger partial charge is 0.381 e. The van der Waals surface area contributed by atoms with E-state index in [1.807, 2.05) is 6.07 Å². The maximum absolute atomic E-state index is 6.22. The van der Waals surface area contributed by atoms with Crippen LogP contribution < -0.4 is 11.1 Å². The molecule has 0 aromatic heterocycles. The molecule has 1 spiro atoms. The molecule has 146 valence electrons. The van der Waals surface area contributed by atoms with Crippen molar-refractivity contribution in [3.8, 4) is 0 Å². The molecule has 1 saturated heterocycles. The summed E-state index contributed by atoms with van der Waals surface area (Å²) in [4.78, 5) is 4.81. The number of benzene rings is 1. The van der Waals surface area contributed by atoms with Crippen molar-refractivity contribution in [2.45, 2.75) is 58.1 Å². The van der Waals surface area contributed by atoms with Crippen molar-refractivity contribution >= 4 is 35.6 Å². The highest BCUT2D eigenvalue weighted by Crippen LogP contribution is 2.52. The molecule has 1 aliphatic heterocycles. The molecule has 1 heterocycles. The topological polar surface area (TPSA) is 68.9 Å². The van der Waals surface area contributed by atoms with Gasteiger partial charge in [-0.1, -0.05) is 26.0 Å². The Morgan fingerprint density at radius 2 is 2.12 bits per heavy atom. The van der Waals surface area contributed by atoms with E-state index in [1.165, 1.54) is 5.56 Å². The van der Waals surface area contributed by atoms with Gasteiger partial charge < -0.3 is 20.5 Å². The van der Waals surface area contributed by atoms with Crippen LogP contribution in [0.15, 0.2) is 29.3 Å². The fourth-order valence-electron chi connectivity index (χ4n) is 4.07. The number of ether oxygens (including phenoxy) is 2. The van der Waals surface area contributed by atoms with Gasteiger partial charge >= 0.3 is 0 Å². The summed E-state index contributed by atoms with van der Waals surface area (Å²) < 4.78 is 11.5. The van der Waals surface area contributed by atoms with E-state index in [4.69, 9.17) is 20.2 Å². The minimum absolute atomic E-state index is 0. The molecule has 1 saturated carbocycles. The summed E-state index contributed by atoms with van der Waals surface area (Å²) in [7, 11) is 0. The van der Waals surface area contributed by atoms with E-state index in [2.05, 4.69) is 44.3 Å². The summed E-state index contributed by atoms with van der Waals surface area (Å²) in [5.74, 6) is 0.982. The zero-order valence-electron chi connectivity index (χ0n) is 16.0. The van der Waals surface area contributed by atoms with Crippen molar-refractivity contribution in [3.63, 3.8) is 0 Å². The summed E-state index contributed by atoms with van der Waals surface area (Å²) in [6, 6.07) is 8.58. The van der Waals surface area contributed by atoms with Crippen LogP contribution in [0.3, 0.4) is 0 Å². The monoisotopic (exact) mass is 473 g/mol. The van der Waals surface area contributed by atoms with Crippen LogP contribution >= 0.6 is 24.0 Å². The lowest BCUT2D eigenvalue weighted by Crippen LogP contribution is -2.60. The van der Waals surface area contributed by atoms with Gasteiger partial charge in [-0.2, -0.15) is 0 Å². The number of aliphatic imine (C=N–C) groups is 1. The van der Waals surface area contributed by atoms with Crippen molar-refractivity contribution in [2.24, 2.45) is 16.1 Å². The second-order valence-electron chi connectivity index (χ2n) is 7.46. The Morgan fingerprint density at radius 3 is 2.77 bits per heavy atom. The van der Waals surface area contributed by atoms with Crippen LogP contribution in [0.4, 0.5) is 5.69 Å². The molecule has 2 aliphatic rings. The Bertz CT molecular complexity index is 615. The van der Waals surface area contributed by atoms with Gasteiger partial charge in [-0.15, -0.1) is 24.0 Å². The highest BCUT2D eigenvalue weighted by Gasteiger charge is 2.56. The second-order valence-corrected chi connectivity index (χ2v) is 7.46. The maximum atomic E-state index is 6.22. The molecule has 2 unspecified atom stereocenters. The van der Waals surface area contributed by atoms with E-state index in [-0.39, 0.29) is 41.5 Å². The molecule has 1 aromatic rings. The van der Waals surface area contributed by atoms with Crippen molar-refractivity contribution in [3.05, 3.63) is 29.8 Å². The Morgan fingerprint density at radius 1 is 1.38 bits per heavy atom. The van der Waals surface area contributed by atoms with Gasteiger partial charge in [0.2, 0.25) is 0 Å². The Hall–Kier alpha value is -0.860. The summed E-state index contributed by atoms with van der Waals surface area (Å²) in [6.07, 6.45) is 3.24. The minimum atomic E-state index is 0. The quantitative estimate of drug-likeness (QED) is 0.384. The van der Waals surface area contributed by atoms with E-state index in [0.29, 0.717) is 11.9 Å². The van der Waals surface area contributed by atoms with Gasteiger partial charge in [0.15, 0.2) is 5.96 Å². The molecule has 1 aliphatic carbocycles. The molecular formula is C20H32IN3O2. The lowest BCUT2D eigenvalue weighted by atomic mass is 9.58. The highest BCUT2D eigenvalue weighted by molar-refractivity contribution is 14.0. The number of rotatable bonds is 5. The standard InChI is InChI=1S/C20H31N3O2.HI/c1-4-25-18-13-17(20(18)8-10-24-11-9-20)23-19(21)22-16-7-5-6-15(12-16)14(2)3;/h5-7,12,14,17-18H,4,8-11,13H2,1-3H3,(H3,21,22,23);1H. The highest BCUT2D eigenvalue weighted by atomic mass is 127. The Labute approximate surface area is 174 Å². The molecule has 0 amide bonds. The number of nitrogens with zero attached hydrogens (tertiary/aromatic N) is 1. The number of anilines is 1. The van der Waals surface area contributed by atoms with Crippen molar-refractivity contribution in [1.29, 1.82) is 0 Å². The SMILES string of the molecule is CCOC1CC(N=C(N)Nc2cccc(C(C)C)c2)C12CCOCC2.I. The summed E-state index contributed by atoms with van der Waals surface area (Å²) in [6.45, 7) is 8.76. The number of nitrogens with one attached hydrogen (secondary N) is 1. The molecular weight excluding hydrogens is 441 g/mol. The Kier molecular flexibility index (Phi) is 7.73. The average Bonchev–Trinajstić information content (AvgIpc) is 2.62. The predicted molar refractivity (Wildman–Crippen MR) is 117 cm³/mol. The third kappa shape index (κ3) is 4.51. The minimum Gasteiger partial charge on any atom is -0.381 e. The van der Waals surface area contributed by atoms with Crippen molar-refractivity contribution < 1.29 is 9.47 Å². The third-order valence-electron chi connectivity index (χ3n) is 5.65. The van der Waals surface area contributed by atoms with Crippen LogP contribution in [0.1, 0.15) is 51.5 Å². The molecule has 0 bridgehead atoms. The lowest BCUT2D eigenvalue weighted by Gasteiger charge is -2.55. The van der Waals surface area contributed by atoms with Gasteiger partial charge in [-0.05, 0) is 49.8 Å². The molecule has 3 rings (SSSR count). The number of hydrogen-bond donors (Lipinski definition) is 2. The van der Waals surface area contributed by atoms with Crippen LogP contribution in [-0.2, 0) is 9.47 Å². The van der Waals surface area contributed by atoms with Crippen LogP contribution in [0.5, 0.6) is 0 Å². The number of halogens is 1.